The number of rotatable bonds is 6. The van der Waals surface area contributed by atoms with Gasteiger partial charge in [0.1, 0.15) is 4.90 Å². The van der Waals surface area contributed by atoms with Crippen LogP contribution in [0.1, 0.15) is 0 Å². The molecule has 0 heterocycles. The molecule has 0 aliphatic heterocycles. The molecular weight excluding hydrogens is 307 g/mol. The Labute approximate surface area is 123 Å². The lowest BCUT2D eigenvalue weighted by Crippen LogP contribution is -2.31. The van der Waals surface area contributed by atoms with Crippen molar-refractivity contribution in [3.63, 3.8) is 0 Å². The maximum Gasteiger partial charge on any atom is 0.245 e. The molecule has 1 aromatic rings. The lowest BCUT2D eigenvalue weighted by atomic mass is 10.3. The molecule has 4 nitrogen and oxygen atoms in total. The third-order valence-electron chi connectivity index (χ3n) is 2.37. The fraction of sp³-hybridized carbons (Fsp3) is 0.167. The van der Waals surface area contributed by atoms with Crippen LogP contribution in [0, 0.1) is 0 Å². The monoisotopic (exact) mass is 320 g/mol. The Kier molecular flexibility index (Phi) is 5.43. The van der Waals surface area contributed by atoms with E-state index in [0.29, 0.717) is 0 Å². The number of sulfonamides is 1. The second kappa shape index (κ2) is 6.43. The van der Waals surface area contributed by atoms with Gasteiger partial charge in [-0.2, -0.15) is 4.31 Å². The van der Waals surface area contributed by atoms with Gasteiger partial charge in [0.15, 0.2) is 0 Å². The first-order chi connectivity index (χ1) is 8.86. The van der Waals surface area contributed by atoms with E-state index in [9.17, 15) is 8.42 Å². The Balaban J connectivity index is 3.37. The molecule has 0 fully saturated rings. The van der Waals surface area contributed by atoms with Crippen LogP contribution < -0.4 is 5.73 Å². The molecule has 0 atom stereocenters. The zero-order chi connectivity index (χ0) is 14.6. The second-order valence-electron chi connectivity index (χ2n) is 3.67. The van der Waals surface area contributed by atoms with Gasteiger partial charge in [-0.25, -0.2) is 8.42 Å². The first-order valence-corrected chi connectivity index (χ1v) is 7.51. The highest BCUT2D eigenvalue weighted by Gasteiger charge is 2.26. The minimum absolute atomic E-state index is 0.0431. The number of benzene rings is 1. The number of nitrogens with zero attached hydrogens (tertiary/aromatic N) is 1. The molecule has 104 valence electrons. The number of hydrogen-bond acceptors (Lipinski definition) is 3. The van der Waals surface area contributed by atoms with Crippen LogP contribution in [0.5, 0.6) is 0 Å². The molecule has 1 aromatic carbocycles. The number of hydrogen-bond donors (Lipinski definition) is 1. The predicted octanol–water partition coefficient (Wildman–Crippen LogP) is 2.94. The maximum absolute atomic E-state index is 12.4. The minimum Gasteiger partial charge on any atom is -0.396 e. The summed E-state index contributed by atoms with van der Waals surface area (Å²) in [5.41, 5.74) is 5.68. The van der Waals surface area contributed by atoms with Crippen LogP contribution in [0.4, 0.5) is 5.69 Å². The molecule has 0 unspecified atom stereocenters. The summed E-state index contributed by atoms with van der Waals surface area (Å²) in [6.45, 7) is 7.34. The molecule has 0 spiro atoms. The first kappa shape index (κ1) is 16.0. The number of anilines is 1. The number of nitrogens with two attached hydrogens (primary N) is 1. The molecule has 0 aliphatic rings. The van der Waals surface area contributed by atoms with Crippen molar-refractivity contribution in [2.75, 3.05) is 18.8 Å². The average molecular weight is 321 g/mol. The largest absolute Gasteiger partial charge is 0.396 e. The normalized spacial score (nSPS) is 11.5. The highest BCUT2D eigenvalue weighted by Crippen LogP contribution is 2.34. The summed E-state index contributed by atoms with van der Waals surface area (Å²) >= 11 is 11.7. The highest BCUT2D eigenvalue weighted by atomic mass is 35.5. The van der Waals surface area contributed by atoms with E-state index in [1.165, 1.54) is 28.6 Å². The lowest BCUT2D eigenvalue weighted by Gasteiger charge is -2.20. The fourth-order valence-electron chi connectivity index (χ4n) is 1.45. The van der Waals surface area contributed by atoms with Crippen LogP contribution in [0.3, 0.4) is 0 Å². The van der Waals surface area contributed by atoms with Crippen molar-refractivity contribution >= 4 is 38.9 Å². The van der Waals surface area contributed by atoms with Crippen LogP contribution in [-0.4, -0.2) is 25.8 Å². The van der Waals surface area contributed by atoms with Crippen molar-refractivity contribution in [3.05, 3.63) is 47.5 Å². The van der Waals surface area contributed by atoms with Crippen LogP contribution >= 0.6 is 23.2 Å². The van der Waals surface area contributed by atoms with E-state index in [-0.39, 0.29) is 33.7 Å². The zero-order valence-corrected chi connectivity index (χ0v) is 12.5. The molecule has 19 heavy (non-hydrogen) atoms. The van der Waals surface area contributed by atoms with Gasteiger partial charge in [-0.3, -0.25) is 0 Å². The molecule has 2 N–H and O–H groups in total. The van der Waals surface area contributed by atoms with Crippen LogP contribution in [-0.2, 0) is 10.0 Å². The minimum atomic E-state index is -3.78. The summed E-state index contributed by atoms with van der Waals surface area (Å²) in [6.07, 6.45) is 2.96. The summed E-state index contributed by atoms with van der Waals surface area (Å²) < 4.78 is 26.1. The number of halogens is 2. The van der Waals surface area contributed by atoms with Gasteiger partial charge < -0.3 is 5.73 Å². The Bertz CT molecular complexity index is 590. The van der Waals surface area contributed by atoms with E-state index in [2.05, 4.69) is 13.2 Å². The summed E-state index contributed by atoms with van der Waals surface area (Å²) in [5.74, 6) is 0. The molecule has 0 aromatic heterocycles. The predicted molar refractivity (Wildman–Crippen MR) is 80.0 cm³/mol. The standard InChI is InChI=1S/C12H14Cl2N2O2S/c1-3-7-16(8-4-2)19(17,18)10-6-5-9(13)12(15)11(10)14/h3-6H,1-2,7-8,15H2. The second-order valence-corrected chi connectivity index (χ2v) is 6.36. The molecule has 0 aliphatic carbocycles. The van der Waals surface area contributed by atoms with E-state index in [1.807, 2.05) is 0 Å². The van der Waals surface area contributed by atoms with Crippen molar-refractivity contribution in [2.45, 2.75) is 4.90 Å². The van der Waals surface area contributed by atoms with Gasteiger partial charge in [-0.15, -0.1) is 13.2 Å². The molecular formula is C12H14Cl2N2O2S. The first-order valence-electron chi connectivity index (χ1n) is 5.31. The maximum atomic E-state index is 12.4. The van der Waals surface area contributed by atoms with Crippen molar-refractivity contribution in [1.29, 1.82) is 0 Å². The van der Waals surface area contributed by atoms with Gasteiger partial charge in [0.25, 0.3) is 0 Å². The van der Waals surface area contributed by atoms with E-state index < -0.39 is 10.0 Å². The van der Waals surface area contributed by atoms with Crippen molar-refractivity contribution in [1.82, 2.24) is 4.31 Å². The van der Waals surface area contributed by atoms with Crippen LogP contribution in [0.2, 0.25) is 10.0 Å². The molecule has 1 rings (SSSR count). The van der Waals surface area contributed by atoms with E-state index in [0.717, 1.165) is 0 Å². The Morgan fingerprint density at radius 1 is 1.21 bits per heavy atom. The van der Waals surface area contributed by atoms with Crippen LogP contribution in [0.15, 0.2) is 42.3 Å². The smallest absolute Gasteiger partial charge is 0.245 e. The SMILES string of the molecule is C=CCN(CC=C)S(=O)(=O)c1ccc(Cl)c(N)c1Cl. The van der Waals surface area contributed by atoms with Gasteiger partial charge in [-0.1, -0.05) is 35.4 Å². The van der Waals surface area contributed by atoms with Gasteiger partial charge in [0, 0.05) is 13.1 Å². The molecule has 0 bridgehead atoms. The third-order valence-corrected chi connectivity index (χ3v) is 5.10. The van der Waals surface area contributed by atoms with E-state index in [1.54, 1.807) is 0 Å². The highest BCUT2D eigenvalue weighted by molar-refractivity contribution is 7.89. The molecule has 0 saturated heterocycles. The average Bonchev–Trinajstić information content (AvgIpc) is 2.35. The molecule has 0 amide bonds. The fourth-order valence-corrected chi connectivity index (χ4v) is 3.57. The topological polar surface area (TPSA) is 63.4 Å². The Morgan fingerprint density at radius 3 is 2.21 bits per heavy atom. The molecule has 7 heteroatoms. The van der Waals surface area contributed by atoms with E-state index in [4.69, 9.17) is 28.9 Å². The van der Waals surface area contributed by atoms with Gasteiger partial charge >= 0.3 is 0 Å². The summed E-state index contributed by atoms with van der Waals surface area (Å²) in [6, 6.07) is 2.73. The van der Waals surface area contributed by atoms with Gasteiger partial charge in [0.2, 0.25) is 10.0 Å². The molecule has 0 radical (unpaired) electrons. The van der Waals surface area contributed by atoms with Gasteiger partial charge in [0.05, 0.1) is 15.7 Å². The van der Waals surface area contributed by atoms with Crippen molar-refractivity contribution < 1.29 is 8.42 Å². The number of nitrogen functional groups attached to an aromatic ring is 1. The van der Waals surface area contributed by atoms with Crippen LogP contribution in [0.25, 0.3) is 0 Å². The lowest BCUT2D eigenvalue weighted by molar-refractivity contribution is 0.474. The molecule has 0 saturated carbocycles. The Hall–Kier alpha value is -1.01. The quantitative estimate of drug-likeness (QED) is 0.647. The van der Waals surface area contributed by atoms with Crippen molar-refractivity contribution in [3.8, 4) is 0 Å². The van der Waals surface area contributed by atoms with Crippen molar-refractivity contribution in [2.24, 2.45) is 0 Å². The van der Waals surface area contributed by atoms with Gasteiger partial charge in [-0.05, 0) is 12.1 Å². The summed E-state index contributed by atoms with van der Waals surface area (Å²) in [7, 11) is -3.78. The summed E-state index contributed by atoms with van der Waals surface area (Å²) in [5, 5.41) is 0.133. The van der Waals surface area contributed by atoms with E-state index >= 15 is 0 Å². The summed E-state index contributed by atoms with van der Waals surface area (Å²) in [4.78, 5) is -0.0835. The Morgan fingerprint density at radius 2 is 1.74 bits per heavy atom. The zero-order valence-electron chi connectivity index (χ0n) is 10.1. The third kappa shape index (κ3) is 3.30.